The SMILES string of the molecule is N#Cc1ccc(N2CCC3(CCN(C(=O)c4ccc(N5CCC(CN6CCN(c7ccc8c(c7)C(=O)N(C7CCC(=O)NC7=O)C8=O)CC6)CC5)cc4)CC3)C2)cc1Cl. The van der Waals surface area contributed by atoms with Crippen molar-refractivity contribution < 1.29 is 24.0 Å². The van der Waals surface area contributed by atoms with Crippen molar-refractivity contribution in [2.75, 3.05) is 86.7 Å². The summed E-state index contributed by atoms with van der Waals surface area (Å²) in [7, 11) is 0. The Labute approximate surface area is 349 Å². The van der Waals surface area contributed by atoms with E-state index in [1.807, 2.05) is 35.2 Å². The molecule has 0 aliphatic carbocycles. The van der Waals surface area contributed by atoms with Gasteiger partial charge in [-0.3, -0.25) is 39.1 Å². The van der Waals surface area contributed by atoms with Gasteiger partial charge in [0.05, 0.1) is 21.7 Å². The quantitative estimate of drug-likeness (QED) is 0.332. The fourth-order valence-electron chi connectivity index (χ4n) is 10.1. The van der Waals surface area contributed by atoms with Crippen molar-refractivity contribution in [1.29, 1.82) is 5.26 Å². The van der Waals surface area contributed by atoms with Crippen LogP contribution < -0.4 is 20.0 Å². The van der Waals surface area contributed by atoms with Gasteiger partial charge in [-0.2, -0.15) is 5.26 Å². The van der Waals surface area contributed by atoms with Crippen molar-refractivity contribution in [3.05, 3.63) is 87.9 Å². The van der Waals surface area contributed by atoms with Gasteiger partial charge in [-0.1, -0.05) is 11.6 Å². The molecule has 5 saturated heterocycles. The first kappa shape index (κ1) is 39.0. The molecule has 3 aromatic rings. The van der Waals surface area contributed by atoms with Crippen LogP contribution in [0.15, 0.2) is 60.7 Å². The summed E-state index contributed by atoms with van der Waals surface area (Å²) in [5.74, 6) is -1.24. The molecule has 6 heterocycles. The molecule has 1 atom stereocenters. The Morgan fingerprint density at radius 3 is 2.07 bits per heavy atom. The molecule has 5 amide bonds. The molecule has 0 bridgehead atoms. The van der Waals surface area contributed by atoms with Crippen LogP contribution in [-0.2, 0) is 9.59 Å². The summed E-state index contributed by atoms with van der Waals surface area (Å²) in [5, 5.41) is 12.0. The van der Waals surface area contributed by atoms with Gasteiger partial charge in [0.2, 0.25) is 11.8 Å². The third-order valence-electron chi connectivity index (χ3n) is 13.8. The summed E-state index contributed by atoms with van der Waals surface area (Å²) in [4.78, 5) is 76.7. The second-order valence-electron chi connectivity index (χ2n) is 17.2. The molecule has 6 aliphatic rings. The van der Waals surface area contributed by atoms with E-state index in [-0.39, 0.29) is 30.1 Å². The van der Waals surface area contributed by atoms with Crippen LogP contribution in [0, 0.1) is 22.7 Å². The molecule has 3 aromatic carbocycles. The average molecular weight is 817 g/mol. The van der Waals surface area contributed by atoms with E-state index in [0.29, 0.717) is 27.6 Å². The second-order valence-corrected chi connectivity index (χ2v) is 17.6. The van der Waals surface area contributed by atoms with Crippen LogP contribution in [0.5, 0.6) is 0 Å². The largest absolute Gasteiger partial charge is 0.372 e. The van der Waals surface area contributed by atoms with Crippen LogP contribution in [0.1, 0.15) is 81.6 Å². The van der Waals surface area contributed by atoms with E-state index in [1.165, 1.54) is 0 Å². The van der Waals surface area contributed by atoms with E-state index in [4.69, 9.17) is 11.6 Å². The molecule has 0 radical (unpaired) electrons. The first-order valence-electron chi connectivity index (χ1n) is 21.0. The van der Waals surface area contributed by atoms with Crippen molar-refractivity contribution in [3.63, 3.8) is 0 Å². The zero-order chi connectivity index (χ0) is 40.8. The number of amides is 5. The zero-order valence-electron chi connectivity index (χ0n) is 33.2. The number of rotatable bonds is 7. The number of hydrogen-bond acceptors (Lipinski definition) is 10. The summed E-state index contributed by atoms with van der Waals surface area (Å²) in [6.45, 7) is 9.88. The van der Waals surface area contributed by atoms with Crippen LogP contribution in [0.3, 0.4) is 0 Å². The van der Waals surface area contributed by atoms with E-state index < -0.39 is 23.8 Å². The Hall–Kier alpha value is -5.45. The molecule has 5 fully saturated rings. The Bertz CT molecular complexity index is 2220. The number of carbonyl (C=O) groups is 5. The number of benzene rings is 3. The van der Waals surface area contributed by atoms with Gasteiger partial charge in [0.15, 0.2) is 0 Å². The van der Waals surface area contributed by atoms with Gasteiger partial charge < -0.3 is 19.6 Å². The van der Waals surface area contributed by atoms with Crippen LogP contribution in [-0.4, -0.2) is 122 Å². The predicted molar refractivity (Wildman–Crippen MR) is 224 cm³/mol. The second kappa shape index (κ2) is 16.0. The zero-order valence-corrected chi connectivity index (χ0v) is 34.0. The monoisotopic (exact) mass is 816 g/mol. The summed E-state index contributed by atoms with van der Waals surface area (Å²) in [6.07, 6.45) is 5.51. The van der Waals surface area contributed by atoms with Crippen molar-refractivity contribution in [2.24, 2.45) is 11.3 Å². The van der Waals surface area contributed by atoms with E-state index >= 15 is 0 Å². The van der Waals surface area contributed by atoms with E-state index in [9.17, 15) is 29.2 Å². The first-order chi connectivity index (χ1) is 28.6. The normalized spacial score (nSPS) is 22.6. The highest BCUT2D eigenvalue weighted by Crippen LogP contribution is 2.43. The molecular weight excluding hydrogens is 768 g/mol. The lowest BCUT2D eigenvalue weighted by Crippen LogP contribution is -2.54. The number of imide groups is 2. The number of nitriles is 1. The molecule has 0 aromatic heterocycles. The first-order valence-corrected chi connectivity index (χ1v) is 21.4. The number of anilines is 3. The van der Waals surface area contributed by atoms with Gasteiger partial charge in [0.1, 0.15) is 12.1 Å². The number of hydrogen-bond donors (Lipinski definition) is 1. The fourth-order valence-corrected chi connectivity index (χ4v) is 10.3. The molecule has 59 heavy (non-hydrogen) atoms. The van der Waals surface area contributed by atoms with Crippen molar-refractivity contribution in [2.45, 2.75) is 51.0 Å². The molecule has 1 spiro atoms. The van der Waals surface area contributed by atoms with E-state index in [2.05, 4.69) is 43.1 Å². The van der Waals surface area contributed by atoms with E-state index in [1.54, 1.807) is 18.2 Å². The lowest BCUT2D eigenvalue weighted by molar-refractivity contribution is -0.136. The summed E-state index contributed by atoms with van der Waals surface area (Å²) >= 11 is 6.32. The van der Waals surface area contributed by atoms with Crippen LogP contribution in [0.2, 0.25) is 5.02 Å². The average Bonchev–Trinajstić information content (AvgIpc) is 3.78. The van der Waals surface area contributed by atoms with Gasteiger partial charge in [-0.05, 0) is 111 Å². The number of carbonyl (C=O) groups excluding carboxylic acids is 5. The molecule has 14 heteroatoms. The third kappa shape index (κ3) is 7.64. The molecule has 0 saturated carbocycles. The van der Waals surface area contributed by atoms with Crippen LogP contribution in [0.4, 0.5) is 17.1 Å². The Kier molecular flexibility index (Phi) is 10.6. The Morgan fingerprint density at radius 2 is 1.37 bits per heavy atom. The number of halogens is 1. The number of likely N-dealkylation sites (tertiary alicyclic amines) is 1. The highest BCUT2D eigenvalue weighted by molar-refractivity contribution is 6.32. The van der Waals surface area contributed by atoms with E-state index in [0.717, 1.165) is 132 Å². The number of piperazine rings is 1. The molecular formula is C45H49ClN8O5. The minimum absolute atomic E-state index is 0.0958. The lowest BCUT2D eigenvalue weighted by Gasteiger charge is -2.40. The van der Waals surface area contributed by atoms with Crippen molar-refractivity contribution in [1.82, 2.24) is 20.0 Å². The van der Waals surface area contributed by atoms with Gasteiger partial charge in [0.25, 0.3) is 17.7 Å². The molecule has 1 unspecified atom stereocenters. The molecule has 1 N–H and O–H groups in total. The highest BCUT2D eigenvalue weighted by Gasteiger charge is 2.45. The van der Waals surface area contributed by atoms with Gasteiger partial charge in [-0.15, -0.1) is 0 Å². The third-order valence-corrected chi connectivity index (χ3v) is 14.1. The maximum atomic E-state index is 13.6. The maximum Gasteiger partial charge on any atom is 0.262 e. The van der Waals surface area contributed by atoms with Crippen LogP contribution >= 0.6 is 11.6 Å². The number of nitrogens with zero attached hydrogens (tertiary/aromatic N) is 7. The molecule has 306 valence electrons. The smallest absolute Gasteiger partial charge is 0.262 e. The molecule has 6 aliphatic heterocycles. The minimum Gasteiger partial charge on any atom is -0.372 e. The van der Waals surface area contributed by atoms with Gasteiger partial charge in [0, 0.05) is 101 Å². The Balaban J connectivity index is 0.713. The topological polar surface area (TPSA) is 141 Å². The predicted octanol–water partition coefficient (Wildman–Crippen LogP) is 4.78. The minimum atomic E-state index is -0.968. The highest BCUT2D eigenvalue weighted by atomic mass is 35.5. The van der Waals surface area contributed by atoms with Gasteiger partial charge >= 0.3 is 0 Å². The number of nitrogens with one attached hydrogen (secondary N) is 1. The van der Waals surface area contributed by atoms with Crippen molar-refractivity contribution in [3.8, 4) is 6.07 Å². The molecule has 9 rings (SSSR count). The molecule has 13 nitrogen and oxygen atoms in total. The fraction of sp³-hybridized carbons (Fsp3) is 0.467. The Morgan fingerprint density at radius 1 is 0.729 bits per heavy atom. The summed E-state index contributed by atoms with van der Waals surface area (Å²) in [6, 6.07) is 20.4. The van der Waals surface area contributed by atoms with Crippen LogP contribution in [0.25, 0.3) is 0 Å². The number of piperidine rings is 3. The van der Waals surface area contributed by atoms with Crippen molar-refractivity contribution >= 4 is 58.2 Å². The summed E-state index contributed by atoms with van der Waals surface area (Å²) < 4.78 is 0. The van der Waals surface area contributed by atoms with Gasteiger partial charge in [-0.25, -0.2) is 0 Å². The summed E-state index contributed by atoms with van der Waals surface area (Å²) in [5.41, 5.74) is 5.16. The standard InChI is InChI=1S/C45H49ClN8O5/c46-38-26-35(6-3-32(38)27-47)53-20-15-45(29-53)13-18-52(19-14-45)42(57)31-1-4-33(5-2-31)50-16-11-30(12-17-50)28-49-21-23-51(24-22-49)34-7-8-36-37(25-34)44(59)54(43(36)58)39-9-10-40(55)48-41(39)56/h1-8,25-26,30,39H,9-24,28-29H2,(H,48,55,56). The number of fused-ring (bicyclic) bond motifs is 1. The maximum absolute atomic E-state index is 13.6. The lowest BCUT2D eigenvalue weighted by atomic mass is 9.77.